The Morgan fingerprint density at radius 1 is 1.20 bits per heavy atom. The largest absolute Gasteiger partial charge is 0.492 e. The van der Waals surface area contributed by atoms with Crippen LogP contribution in [0.1, 0.15) is 15.9 Å². The number of aromatic carboxylic acids is 1. The summed E-state index contributed by atoms with van der Waals surface area (Å²) in [5.41, 5.74) is 1.56. The number of ether oxygens (including phenoxy) is 1. The zero-order chi connectivity index (χ0) is 13.9. The molecule has 0 aromatic heterocycles. The topological polar surface area (TPSA) is 46.5 Å². The van der Waals surface area contributed by atoms with Crippen LogP contribution in [-0.2, 0) is 6.42 Å². The van der Waals surface area contributed by atoms with Gasteiger partial charge in [0.2, 0.25) is 0 Å². The molecule has 102 valence electrons. The van der Waals surface area contributed by atoms with E-state index in [4.69, 9.17) is 9.84 Å². The molecule has 1 atom stereocenters. The van der Waals surface area contributed by atoms with Crippen molar-refractivity contribution >= 4 is 17.7 Å². The van der Waals surface area contributed by atoms with Gasteiger partial charge in [-0.05, 0) is 30.2 Å². The summed E-state index contributed by atoms with van der Waals surface area (Å²) >= 11 is 1.80. The first-order valence-electron chi connectivity index (χ1n) is 6.44. The molecule has 0 spiro atoms. The minimum absolute atomic E-state index is 0.216. The molecule has 1 heterocycles. The summed E-state index contributed by atoms with van der Waals surface area (Å²) in [6.45, 7) is 0.518. The number of para-hydroxylation sites is 1. The molecule has 3 nitrogen and oxygen atoms in total. The smallest absolute Gasteiger partial charge is 0.339 e. The molecule has 0 amide bonds. The molecule has 1 N–H and O–H groups in total. The Hall–Kier alpha value is -1.94. The van der Waals surface area contributed by atoms with Crippen molar-refractivity contribution in [3.63, 3.8) is 0 Å². The van der Waals surface area contributed by atoms with E-state index in [1.54, 1.807) is 36.0 Å². The molecule has 3 rings (SSSR count). The normalized spacial score (nSPS) is 16.7. The van der Waals surface area contributed by atoms with Gasteiger partial charge in [-0.1, -0.05) is 30.3 Å². The molecule has 0 radical (unpaired) electrons. The molecule has 0 bridgehead atoms. The SMILES string of the molecule is O=C(O)c1ccccc1OCC1Cc2ccccc2S1. The molecular formula is C16H14O3S. The highest BCUT2D eigenvalue weighted by atomic mass is 32.2. The standard InChI is InChI=1S/C16H14O3S/c17-16(18)13-6-2-3-7-14(13)19-10-12-9-11-5-1-4-8-15(11)20-12/h1-8,12H,9-10H2,(H,17,18). The maximum absolute atomic E-state index is 11.1. The fourth-order valence-electron chi connectivity index (χ4n) is 2.30. The van der Waals surface area contributed by atoms with E-state index in [-0.39, 0.29) is 5.56 Å². The third kappa shape index (κ3) is 2.65. The van der Waals surface area contributed by atoms with Crippen molar-refractivity contribution in [2.75, 3.05) is 6.61 Å². The fourth-order valence-corrected chi connectivity index (χ4v) is 3.52. The summed E-state index contributed by atoms with van der Waals surface area (Å²) in [4.78, 5) is 12.4. The number of benzene rings is 2. The monoisotopic (exact) mass is 286 g/mol. The zero-order valence-corrected chi connectivity index (χ0v) is 11.6. The quantitative estimate of drug-likeness (QED) is 0.934. The zero-order valence-electron chi connectivity index (χ0n) is 10.8. The van der Waals surface area contributed by atoms with Gasteiger partial charge in [-0.2, -0.15) is 0 Å². The van der Waals surface area contributed by atoms with Crippen molar-refractivity contribution in [2.45, 2.75) is 16.6 Å². The van der Waals surface area contributed by atoms with E-state index >= 15 is 0 Å². The number of carbonyl (C=O) groups is 1. The molecule has 2 aromatic rings. The van der Waals surface area contributed by atoms with Crippen LogP contribution < -0.4 is 4.74 Å². The van der Waals surface area contributed by atoms with Crippen LogP contribution in [-0.4, -0.2) is 22.9 Å². The summed E-state index contributed by atoms with van der Waals surface area (Å²) in [7, 11) is 0. The molecule has 20 heavy (non-hydrogen) atoms. The molecule has 4 heteroatoms. The van der Waals surface area contributed by atoms with Crippen molar-refractivity contribution in [1.82, 2.24) is 0 Å². The van der Waals surface area contributed by atoms with Crippen LogP contribution >= 0.6 is 11.8 Å². The van der Waals surface area contributed by atoms with E-state index in [0.717, 1.165) is 6.42 Å². The van der Waals surface area contributed by atoms with Crippen LogP contribution in [0.5, 0.6) is 5.75 Å². The first-order valence-corrected chi connectivity index (χ1v) is 7.31. The Labute approximate surface area is 121 Å². The average Bonchev–Trinajstić information content (AvgIpc) is 2.88. The number of rotatable bonds is 4. The molecule has 0 saturated heterocycles. The Morgan fingerprint density at radius 3 is 2.75 bits per heavy atom. The number of hydrogen-bond acceptors (Lipinski definition) is 3. The van der Waals surface area contributed by atoms with Gasteiger partial charge >= 0.3 is 5.97 Å². The lowest BCUT2D eigenvalue weighted by Gasteiger charge is -2.12. The van der Waals surface area contributed by atoms with Gasteiger partial charge in [-0.3, -0.25) is 0 Å². The van der Waals surface area contributed by atoms with Gasteiger partial charge in [0.1, 0.15) is 17.9 Å². The maximum Gasteiger partial charge on any atom is 0.339 e. The van der Waals surface area contributed by atoms with E-state index in [1.807, 2.05) is 12.1 Å². The van der Waals surface area contributed by atoms with Crippen LogP contribution in [0.4, 0.5) is 0 Å². The summed E-state index contributed by atoms with van der Waals surface area (Å²) in [5.74, 6) is -0.514. The van der Waals surface area contributed by atoms with Gasteiger partial charge in [0.25, 0.3) is 0 Å². The fraction of sp³-hybridized carbons (Fsp3) is 0.188. The Kier molecular flexibility index (Phi) is 3.65. The van der Waals surface area contributed by atoms with Gasteiger partial charge in [0.15, 0.2) is 0 Å². The van der Waals surface area contributed by atoms with Crippen molar-refractivity contribution in [3.05, 3.63) is 59.7 Å². The van der Waals surface area contributed by atoms with Crippen LogP contribution in [0.15, 0.2) is 53.4 Å². The minimum Gasteiger partial charge on any atom is -0.492 e. The highest BCUT2D eigenvalue weighted by molar-refractivity contribution is 8.00. The second-order valence-corrected chi connectivity index (χ2v) is 6.01. The first-order chi connectivity index (χ1) is 9.74. The lowest BCUT2D eigenvalue weighted by atomic mass is 10.1. The molecule has 1 unspecified atom stereocenters. The van der Waals surface area contributed by atoms with E-state index in [0.29, 0.717) is 17.6 Å². The highest BCUT2D eigenvalue weighted by Crippen LogP contribution is 2.37. The van der Waals surface area contributed by atoms with Gasteiger partial charge in [0.05, 0.1) is 0 Å². The van der Waals surface area contributed by atoms with Gasteiger partial charge < -0.3 is 9.84 Å². The second-order valence-electron chi connectivity index (χ2n) is 4.66. The maximum atomic E-state index is 11.1. The second kappa shape index (κ2) is 5.59. The van der Waals surface area contributed by atoms with Crippen molar-refractivity contribution in [2.24, 2.45) is 0 Å². The van der Waals surface area contributed by atoms with Crippen LogP contribution in [0.2, 0.25) is 0 Å². The number of hydrogen-bond donors (Lipinski definition) is 1. The molecule has 0 fully saturated rings. The average molecular weight is 286 g/mol. The Balaban J connectivity index is 1.66. The Morgan fingerprint density at radius 2 is 1.95 bits per heavy atom. The van der Waals surface area contributed by atoms with E-state index in [1.165, 1.54) is 10.5 Å². The van der Waals surface area contributed by atoms with E-state index in [9.17, 15) is 4.79 Å². The molecule has 1 aliphatic rings. The molecule has 0 saturated carbocycles. The summed E-state index contributed by atoms with van der Waals surface area (Å²) < 4.78 is 5.71. The van der Waals surface area contributed by atoms with Crippen molar-refractivity contribution < 1.29 is 14.6 Å². The predicted octanol–water partition coefficient (Wildman–Crippen LogP) is 3.48. The van der Waals surface area contributed by atoms with Crippen LogP contribution in [0, 0.1) is 0 Å². The highest BCUT2D eigenvalue weighted by Gasteiger charge is 2.23. The van der Waals surface area contributed by atoms with E-state index in [2.05, 4.69) is 12.1 Å². The van der Waals surface area contributed by atoms with Crippen LogP contribution in [0.25, 0.3) is 0 Å². The lowest BCUT2D eigenvalue weighted by Crippen LogP contribution is -2.15. The van der Waals surface area contributed by atoms with Gasteiger partial charge in [-0.25, -0.2) is 4.79 Å². The van der Waals surface area contributed by atoms with E-state index < -0.39 is 5.97 Å². The molecule has 2 aromatic carbocycles. The van der Waals surface area contributed by atoms with Crippen molar-refractivity contribution in [1.29, 1.82) is 0 Å². The number of carboxylic acid groups (broad SMARTS) is 1. The van der Waals surface area contributed by atoms with Gasteiger partial charge in [0, 0.05) is 10.1 Å². The minimum atomic E-state index is -0.956. The third-order valence-corrected chi connectivity index (χ3v) is 4.54. The Bertz CT molecular complexity index is 614. The first kappa shape index (κ1) is 13.1. The van der Waals surface area contributed by atoms with Crippen molar-refractivity contribution in [3.8, 4) is 5.75 Å². The summed E-state index contributed by atoms with van der Waals surface area (Å²) in [5, 5.41) is 9.46. The number of fused-ring (bicyclic) bond motifs is 1. The number of carboxylic acids is 1. The van der Waals surface area contributed by atoms with Crippen LogP contribution in [0.3, 0.4) is 0 Å². The lowest BCUT2D eigenvalue weighted by molar-refractivity contribution is 0.0692. The summed E-state index contributed by atoms with van der Waals surface area (Å²) in [6.07, 6.45) is 0.968. The molecular weight excluding hydrogens is 272 g/mol. The van der Waals surface area contributed by atoms with Gasteiger partial charge in [-0.15, -0.1) is 11.8 Å². The molecule has 1 aliphatic heterocycles. The summed E-state index contributed by atoms with van der Waals surface area (Å²) in [6, 6.07) is 15.1. The predicted molar refractivity (Wildman–Crippen MR) is 78.7 cm³/mol. The third-order valence-electron chi connectivity index (χ3n) is 3.26. The number of thioether (sulfide) groups is 1. The molecule has 0 aliphatic carbocycles.